The molecule has 7 nitrogen and oxygen atoms in total. The van der Waals surface area contributed by atoms with Crippen LogP contribution >= 0.6 is 11.3 Å². The lowest BCUT2D eigenvalue weighted by atomic mass is 10.0. The standard InChI is InChI=1S/C28H33N5O2S/c1-31-15-17-33(18-16-31)28(35)23-9-7-22(8-10-23)27-30-25(20-36-27)26(34)29-24-11-13-32(14-12-24)19-21-5-3-2-4-6-21/h2-10,20,24H,11-19H2,1H3,(H,29,34). The second-order valence-corrected chi connectivity index (χ2v) is 10.6. The Hall–Kier alpha value is -3.07. The first kappa shape index (κ1) is 24.6. The zero-order valence-corrected chi connectivity index (χ0v) is 21.5. The van der Waals surface area contributed by atoms with Crippen LogP contribution in [-0.4, -0.2) is 83.9 Å². The molecule has 0 atom stereocenters. The fourth-order valence-corrected chi connectivity index (χ4v) is 5.60. The second-order valence-electron chi connectivity index (χ2n) is 9.72. The number of hydrogen-bond donors (Lipinski definition) is 1. The highest BCUT2D eigenvalue weighted by molar-refractivity contribution is 7.13. The van der Waals surface area contributed by atoms with Gasteiger partial charge in [0.15, 0.2) is 0 Å². The SMILES string of the molecule is CN1CCN(C(=O)c2ccc(-c3nc(C(=O)NC4CCN(Cc5ccccc5)CC4)cs3)cc2)CC1. The fraction of sp³-hybridized carbons (Fsp3) is 0.393. The molecule has 1 aromatic heterocycles. The molecule has 36 heavy (non-hydrogen) atoms. The Labute approximate surface area is 216 Å². The molecule has 0 saturated carbocycles. The van der Waals surface area contributed by atoms with Crippen LogP contribution in [0.25, 0.3) is 10.6 Å². The highest BCUT2D eigenvalue weighted by Gasteiger charge is 2.23. The van der Waals surface area contributed by atoms with E-state index in [1.54, 1.807) is 0 Å². The minimum atomic E-state index is -0.110. The number of benzene rings is 2. The van der Waals surface area contributed by atoms with Gasteiger partial charge in [0.1, 0.15) is 10.7 Å². The molecule has 1 N–H and O–H groups in total. The van der Waals surface area contributed by atoms with E-state index in [4.69, 9.17) is 0 Å². The van der Waals surface area contributed by atoms with Gasteiger partial charge in [-0.2, -0.15) is 0 Å². The number of aromatic nitrogens is 1. The molecule has 2 aliphatic heterocycles. The van der Waals surface area contributed by atoms with E-state index < -0.39 is 0 Å². The van der Waals surface area contributed by atoms with Crippen molar-refractivity contribution in [3.05, 3.63) is 76.8 Å². The van der Waals surface area contributed by atoms with Crippen LogP contribution in [0.4, 0.5) is 0 Å². The quantitative estimate of drug-likeness (QED) is 0.557. The van der Waals surface area contributed by atoms with Crippen LogP contribution in [0.5, 0.6) is 0 Å². The predicted octanol–water partition coefficient (Wildman–Crippen LogP) is 3.59. The molecule has 3 heterocycles. The number of piperazine rings is 1. The van der Waals surface area contributed by atoms with Crippen molar-refractivity contribution in [2.24, 2.45) is 0 Å². The number of rotatable bonds is 6. The van der Waals surface area contributed by atoms with Crippen molar-refractivity contribution in [1.29, 1.82) is 0 Å². The van der Waals surface area contributed by atoms with Gasteiger partial charge in [0, 0.05) is 68.4 Å². The second kappa shape index (κ2) is 11.3. The van der Waals surface area contributed by atoms with Crippen molar-refractivity contribution in [2.75, 3.05) is 46.3 Å². The summed E-state index contributed by atoms with van der Waals surface area (Å²) >= 11 is 1.46. The van der Waals surface area contributed by atoms with Crippen LogP contribution in [0, 0.1) is 0 Å². The zero-order valence-electron chi connectivity index (χ0n) is 20.7. The summed E-state index contributed by atoms with van der Waals surface area (Å²) in [6.45, 7) is 6.22. The van der Waals surface area contributed by atoms with Gasteiger partial charge in [0.2, 0.25) is 0 Å². The average molecular weight is 504 g/mol. The monoisotopic (exact) mass is 503 g/mol. The van der Waals surface area contributed by atoms with E-state index in [2.05, 4.69) is 51.4 Å². The Morgan fingerprint density at radius 1 is 0.944 bits per heavy atom. The first-order valence-corrected chi connectivity index (χ1v) is 13.5. The lowest BCUT2D eigenvalue weighted by molar-refractivity contribution is 0.0664. The summed E-state index contributed by atoms with van der Waals surface area (Å²) < 4.78 is 0. The van der Waals surface area contributed by atoms with E-state index in [1.165, 1.54) is 16.9 Å². The van der Waals surface area contributed by atoms with Crippen molar-refractivity contribution >= 4 is 23.2 Å². The van der Waals surface area contributed by atoms with E-state index in [1.807, 2.05) is 40.6 Å². The van der Waals surface area contributed by atoms with Gasteiger partial charge in [-0.15, -0.1) is 11.3 Å². The highest BCUT2D eigenvalue weighted by Crippen LogP contribution is 2.25. The van der Waals surface area contributed by atoms with Gasteiger partial charge in [-0.1, -0.05) is 42.5 Å². The number of carbonyl (C=O) groups is 2. The first-order valence-electron chi connectivity index (χ1n) is 12.7. The molecule has 8 heteroatoms. The van der Waals surface area contributed by atoms with Gasteiger partial charge in [-0.05, 0) is 37.6 Å². The van der Waals surface area contributed by atoms with Crippen molar-refractivity contribution in [3.8, 4) is 10.6 Å². The van der Waals surface area contributed by atoms with Crippen molar-refractivity contribution in [3.63, 3.8) is 0 Å². The van der Waals surface area contributed by atoms with E-state index >= 15 is 0 Å². The molecule has 188 valence electrons. The number of nitrogens with zero attached hydrogens (tertiary/aromatic N) is 4. The molecule has 0 radical (unpaired) electrons. The molecule has 2 fully saturated rings. The lowest BCUT2D eigenvalue weighted by Gasteiger charge is -2.32. The summed E-state index contributed by atoms with van der Waals surface area (Å²) in [5, 5.41) is 5.78. The number of likely N-dealkylation sites (tertiary alicyclic amines) is 1. The third-order valence-corrected chi connectivity index (χ3v) is 7.97. The molecule has 2 amide bonds. The topological polar surface area (TPSA) is 68.8 Å². The first-order chi connectivity index (χ1) is 17.5. The number of likely N-dealkylation sites (N-methyl/N-ethyl adjacent to an activating group) is 1. The summed E-state index contributed by atoms with van der Waals surface area (Å²) in [4.78, 5) is 36.8. The maximum absolute atomic E-state index is 12.8. The Morgan fingerprint density at radius 3 is 2.33 bits per heavy atom. The number of nitrogens with one attached hydrogen (secondary N) is 1. The minimum Gasteiger partial charge on any atom is -0.348 e. The van der Waals surface area contributed by atoms with E-state index in [0.29, 0.717) is 11.3 Å². The van der Waals surface area contributed by atoms with Crippen molar-refractivity contribution in [2.45, 2.75) is 25.4 Å². The third kappa shape index (κ3) is 6.00. The molecule has 0 bridgehead atoms. The van der Waals surface area contributed by atoms with Gasteiger partial charge in [0.25, 0.3) is 11.8 Å². The van der Waals surface area contributed by atoms with Crippen LogP contribution in [0.1, 0.15) is 39.3 Å². The van der Waals surface area contributed by atoms with Gasteiger partial charge in [0.05, 0.1) is 0 Å². The maximum atomic E-state index is 12.8. The van der Waals surface area contributed by atoms with Crippen LogP contribution in [-0.2, 0) is 6.54 Å². The number of piperidine rings is 1. The van der Waals surface area contributed by atoms with E-state index in [-0.39, 0.29) is 17.9 Å². The Kier molecular flexibility index (Phi) is 7.75. The van der Waals surface area contributed by atoms with Crippen molar-refractivity contribution < 1.29 is 9.59 Å². The molecule has 2 aromatic carbocycles. The molecular formula is C28H33N5O2S. The third-order valence-electron chi connectivity index (χ3n) is 7.08. The fourth-order valence-electron chi connectivity index (χ4n) is 4.79. The minimum absolute atomic E-state index is 0.0728. The van der Waals surface area contributed by atoms with Crippen LogP contribution in [0.3, 0.4) is 0 Å². The number of amides is 2. The summed E-state index contributed by atoms with van der Waals surface area (Å²) in [5.41, 5.74) is 3.39. The van der Waals surface area contributed by atoms with Gasteiger partial charge >= 0.3 is 0 Å². The Balaban J connectivity index is 1.13. The summed E-state index contributed by atoms with van der Waals surface area (Å²) in [7, 11) is 2.08. The largest absolute Gasteiger partial charge is 0.348 e. The highest BCUT2D eigenvalue weighted by atomic mass is 32.1. The normalized spacial score (nSPS) is 17.8. The number of hydrogen-bond acceptors (Lipinski definition) is 6. The Morgan fingerprint density at radius 2 is 1.64 bits per heavy atom. The lowest BCUT2D eigenvalue weighted by Crippen LogP contribution is -2.47. The van der Waals surface area contributed by atoms with Crippen LogP contribution in [0.15, 0.2) is 60.0 Å². The van der Waals surface area contributed by atoms with Crippen LogP contribution < -0.4 is 5.32 Å². The van der Waals surface area contributed by atoms with Gasteiger partial charge in [-0.3, -0.25) is 14.5 Å². The summed E-state index contributed by atoms with van der Waals surface area (Å²) in [6, 6.07) is 18.3. The molecule has 2 aliphatic rings. The molecular weight excluding hydrogens is 470 g/mol. The molecule has 0 spiro atoms. The van der Waals surface area contributed by atoms with E-state index in [9.17, 15) is 9.59 Å². The number of carbonyl (C=O) groups excluding carboxylic acids is 2. The van der Waals surface area contributed by atoms with E-state index in [0.717, 1.165) is 69.2 Å². The molecule has 0 aliphatic carbocycles. The molecule has 2 saturated heterocycles. The Bertz CT molecular complexity index is 1160. The van der Waals surface area contributed by atoms with Gasteiger partial charge in [-0.25, -0.2) is 4.98 Å². The average Bonchev–Trinajstić information content (AvgIpc) is 3.41. The summed E-state index contributed by atoms with van der Waals surface area (Å²) in [5.74, 6) is -0.0375. The maximum Gasteiger partial charge on any atom is 0.270 e. The van der Waals surface area contributed by atoms with Crippen molar-refractivity contribution in [1.82, 2.24) is 25.0 Å². The smallest absolute Gasteiger partial charge is 0.270 e. The van der Waals surface area contributed by atoms with Gasteiger partial charge < -0.3 is 15.1 Å². The zero-order chi connectivity index (χ0) is 24.9. The number of thiazole rings is 1. The molecule has 5 rings (SSSR count). The molecule has 3 aromatic rings. The molecule has 0 unspecified atom stereocenters. The van der Waals surface area contributed by atoms with Crippen LogP contribution in [0.2, 0.25) is 0 Å². The predicted molar refractivity (Wildman–Crippen MR) is 143 cm³/mol. The summed E-state index contributed by atoms with van der Waals surface area (Å²) in [6.07, 6.45) is 1.89.